The highest BCUT2D eigenvalue weighted by atomic mass is 19.3. The normalized spacial score (nSPS) is 16.4. The highest BCUT2D eigenvalue weighted by molar-refractivity contribution is 5.87. The lowest BCUT2D eigenvalue weighted by Gasteiger charge is -2.09. The molecule has 0 atom stereocenters. The fraction of sp³-hybridized carbons (Fsp3) is 0.692. The van der Waals surface area contributed by atoms with Crippen molar-refractivity contribution in [2.24, 2.45) is 0 Å². The van der Waals surface area contributed by atoms with Crippen LogP contribution in [0.15, 0.2) is 0 Å². The lowest BCUT2D eigenvalue weighted by atomic mass is 10.1. The Labute approximate surface area is 116 Å². The van der Waals surface area contributed by atoms with Crippen LogP contribution in [-0.4, -0.2) is 31.6 Å². The maximum Gasteiger partial charge on any atom is 0.354 e. The summed E-state index contributed by atoms with van der Waals surface area (Å²) >= 11 is 0. The molecule has 1 aliphatic carbocycles. The van der Waals surface area contributed by atoms with Gasteiger partial charge in [-0.25, -0.2) is 4.79 Å². The molecule has 1 aliphatic rings. The van der Waals surface area contributed by atoms with Crippen molar-refractivity contribution in [3.8, 4) is 0 Å². The smallest absolute Gasteiger partial charge is 0.354 e. The third-order valence-corrected chi connectivity index (χ3v) is 3.08. The summed E-state index contributed by atoms with van der Waals surface area (Å²) in [5.74, 6) is -4.52. The maximum atomic E-state index is 13.3. The number of aliphatic hydroxyl groups is 1. The Morgan fingerprint density at radius 3 is 2.30 bits per heavy atom. The van der Waals surface area contributed by atoms with E-state index in [2.05, 4.69) is 5.10 Å². The van der Waals surface area contributed by atoms with Crippen LogP contribution in [0.5, 0.6) is 0 Å². The summed E-state index contributed by atoms with van der Waals surface area (Å²) in [4.78, 5) is 11.1. The summed E-state index contributed by atoms with van der Waals surface area (Å²) in [5, 5.41) is 22.5. The van der Waals surface area contributed by atoms with Crippen LogP contribution in [0.3, 0.4) is 0 Å². The van der Waals surface area contributed by atoms with E-state index < -0.39 is 23.2 Å². The van der Waals surface area contributed by atoms with E-state index in [-0.39, 0.29) is 17.8 Å². The number of alkyl halides is 2. The molecular weight excluding hydrogens is 270 g/mol. The molecule has 0 aromatic carbocycles. The van der Waals surface area contributed by atoms with Gasteiger partial charge >= 0.3 is 5.97 Å². The zero-order valence-corrected chi connectivity index (χ0v) is 12.1. The summed E-state index contributed by atoms with van der Waals surface area (Å²) in [6.45, 7) is 5.91. The van der Waals surface area contributed by atoms with Crippen molar-refractivity contribution in [3.63, 3.8) is 0 Å². The minimum Gasteiger partial charge on any atom is -0.477 e. The molecule has 0 radical (unpaired) electrons. The van der Waals surface area contributed by atoms with Crippen molar-refractivity contribution in [3.05, 3.63) is 17.0 Å². The van der Waals surface area contributed by atoms with Crippen LogP contribution >= 0.6 is 0 Å². The molecule has 1 fully saturated rings. The Balaban J connectivity index is 0.000000956. The largest absolute Gasteiger partial charge is 0.477 e. The second-order valence-corrected chi connectivity index (χ2v) is 4.90. The van der Waals surface area contributed by atoms with Gasteiger partial charge in [-0.3, -0.25) is 4.68 Å². The molecular formula is C13H20F2N2O3. The van der Waals surface area contributed by atoms with Gasteiger partial charge in [-0.15, -0.1) is 0 Å². The summed E-state index contributed by atoms with van der Waals surface area (Å²) in [7, 11) is 0. The summed E-state index contributed by atoms with van der Waals surface area (Å²) in [5.41, 5.74) is -1.89. The SMILES string of the molecule is CC.Cc1c(C(C)(F)F)nn(CC2(O)CC2)c1C(=O)O. The van der Waals surface area contributed by atoms with Gasteiger partial charge in [-0.1, -0.05) is 13.8 Å². The van der Waals surface area contributed by atoms with Gasteiger partial charge in [-0.05, 0) is 19.8 Å². The summed E-state index contributed by atoms with van der Waals surface area (Å²) in [6, 6.07) is 0. The van der Waals surface area contributed by atoms with Gasteiger partial charge in [0.1, 0.15) is 11.4 Å². The third-order valence-electron chi connectivity index (χ3n) is 3.08. The zero-order valence-electron chi connectivity index (χ0n) is 12.1. The average Bonchev–Trinajstić information content (AvgIpc) is 2.93. The zero-order chi connectivity index (χ0) is 15.7. The molecule has 114 valence electrons. The van der Waals surface area contributed by atoms with Crippen LogP contribution in [0.2, 0.25) is 0 Å². The quantitative estimate of drug-likeness (QED) is 0.893. The molecule has 0 aliphatic heterocycles. The van der Waals surface area contributed by atoms with Crippen LogP contribution in [0, 0.1) is 6.92 Å². The molecule has 0 bridgehead atoms. The second-order valence-electron chi connectivity index (χ2n) is 4.90. The van der Waals surface area contributed by atoms with Gasteiger partial charge in [0.15, 0.2) is 0 Å². The summed E-state index contributed by atoms with van der Waals surface area (Å²) in [6.07, 6.45) is 1.06. The topological polar surface area (TPSA) is 75.3 Å². The first-order chi connectivity index (χ1) is 9.14. The first kappa shape index (κ1) is 16.6. The maximum absolute atomic E-state index is 13.3. The number of halogens is 2. The molecule has 20 heavy (non-hydrogen) atoms. The molecule has 0 amide bonds. The average molecular weight is 290 g/mol. The predicted molar refractivity (Wildman–Crippen MR) is 69.0 cm³/mol. The van der Waals surface area contributed by atoms with Gasteiger partial charge in [0.05, 0.1) is 12.1 Å². The number of nitrogens with zero attached hydrogens (tertiary/aromatic N) is 2. The molecule has 1 saturated carbocycles. The van der Waals surface area contributed by atoms with Crippen molar-refractivity contribution in [2.45, 2.75) is 58.6 Å². The molecule has 1 aromatic rings. The fourth-order valence-corrected chi connectivity index (χ4v) is 1.93. The van der Waals surface area contributed by atoms with E-state index in [4.69, 9.17) is 5.11 Å². The highest BCUT2D eigenvalue weighted by Gasteiger charge is 2.43. The van der Waals surface area contributed by atoms with Gasteiger partial charge in [-0.2, -0.15) is 13.9 Å². The molecule has 2 rings (SSSR count). The van der Waals surface area contributed by atoms with Crippen molar-refractivity contribution < 1.29 is 23.8 Å². The van der Waals surface area contributed by atoms with Gasteiger partial charge in [0.2, 0.25) is 0 Å². The number of carboxylic acids is 1. The Hall–Kier alpha value is -1.50. The Morgan fingerprint density at radius 1 is 1.45 bits per heavy atom. The fourth-order valence-electron chi connectivity index (χ4n) is 1.93. The first-order valence-electron chi connectivity index (χ1n) is 6.55. The molecule has 0 saturated heterocycles. The van der Waals surface area contributed by atoms with Crippen LogP contribution in [-0.2, 0) is 12.5 Å². The number of carbonyl (C=O) groups is 1. The van der Waals surface area contributed by atoms with Crippen molar-refractivity contribution in [2.75, 3.05) is 0 Å². The molecule has 0 unspecified atom stereocenters. The molecule has 7 heteroatoms. The minimum absolute atomic E-state index is 0.0562. The van der Waals surface area contributed by atoms with Gasteiger partial charge < -0.3 is 10.2 Å². The monoisotopic (exact) mass is 290 g/mol. The Morgan fingerprint density at radius 2 is 1.95 bits per heavy atom. The molecule has 1 aromatic heterocycles. The van der Waals surface area contributed by atoms with Crippen LogP contribution < -0.4 is 0 Å². The number of hydrogen-bond acceptors (Lipinski definition) is 3. The number of aromatic carboxylic acids is 1. The molecule has 2 N–H and O–H groups in total. The van der Waals surface area contributed by atoms with Crippen LogP contribution in [0.1, 0.15) is 55.4 Å². The molecule has 0 spiro atoms. The Kier molecular flexibility index (Phi) is 4.53. The lowest BCUT2D eigenvalue weighted by molar-refractivity contribution is 0.0109. The number of aromatic nitrogens is 2. The van der Waals surface area contributed by atoms with Gasteiger partial charge in [0, 0.05) is 12.5 Å². The van der Waals surface area contributed by atoms with E-state index >= 15 is 0 Å². The third kappa shape index (κ3) is 3.33. The van der Waals surface area contributed by atoms with Crippen molar-refractivity contribution in [1.29, 1.82) is 0 Å². The molecule has 1 heterocycles. The minimum atomic E-state index is -3.20. The number of rotatable bonds is 4. The van der Waals surface area contributed by atoms with Gasteiger partial charge in [0.25, 0.3) is 5.92 Å². The van der Waals surface area contributed by atoms with Crippen molar-refractivity contribution in [1.82, 2.24) is 9.78 Å². The van der Waals surface area contributed by atoms with E-state index in [1.54, 1.807) is 0 Å². The van der Waals surface area contributed by atoms with Crippen LogP contribution in [0.4, 0.5) is 8.78 Å². The highest BCUT2D eigenvalue weighted by Crippen LogP contribution is 2.38. The van der Waals surface area contributed by atoms with E-state index in [1.165, 1.54) is 6.92 Å². The van der Waals surface area contributed by atoms with E-state index in [1.807, 2.05) is 13.8 Å². The predicted octanol–water partition coefficient (Wildman–Crippen LogP) is 2.55. The van der Waals surface area contributed by atoms with E-state index in [0.29, 0.717) is 19.8 Å². The first-order valence-corrected chi connectivity index (χ1v) is 6.55. The van der Waals surface area contributed by atoms with Crippen molar-refractivity contribution >= 4 is 5.97 Å². The van der Waals surface area contributed by atoms with E-state index in [9.17, 15) is 18.7 Å². The molecule has 5 nitrogen and oxygen atoms in total. The van der Waals surface area contributed by atoms with Crippen LogP contribution in [0.25, 0.3) is 0 Å². The standard InChI is InChI=1S/C11H14F2N2O3.C2H6/c1-6-7(9(16)17)15(5-11(18)3-4-11)14-8(6)10(2,12)13;1-2/h18H,3-5H2,1-2H3,(H,16,17);1-2H3. The Bertz CT molecular complexity index is 502. The lowest BCUT2D eigenvalue weighted by Crippen LogP contribution is -2.22. The van der Waals surface area contributed by atoms with E-state index in [0.717, 1.165) is 4.68 Å². The summed E-state index contributed by atoms with van der Waals surface area (Å²) < 4.78 is 27.5. The second kappa shape index (κ2) is 5.47. The number of carboxylic acid groups (broad SMARTS) is 1. The number of hydrogen-bond donors (Lipinski definition) is 2.